The molecule has 0 radical (unpaired) electrons. The summed E-state index contributed by atoms with van der Waals surface area (Å²) in [6.45, 7) is 1.73. The first-order chi connectivity index (χ1) is 13.4. The van der Waals surface area contributed by atoms with Crippen molar-refractivity contribution in [2.75, 3.05) is 0 Å². The predicted molar refractivity (Wildman–Crippen MR) is 99.5 cm³/mol. The van der Waals surface area contributed by atoms with Crippen molar-refractivity contribution in [3.8, 4) is 0 Å². The minimum atomic E-state index is -1.64. The van der Waals surface area contributed by atoms with Crippen molar-refractivity contribution in [2.45, 2.75) is 25.5 Å². The maximum Gasteiger partial charge on any atom is 0.137 e. The first kappa shape index (κ1) is 19.8. The molecule has 3 aromatic rings. The zero-order chi connectivity index (χ0) is 20.1. The molecule has 0 aliphatic rings. The number of aliphatic hydroxyl groups is 1. The fourth-order valence-electron chi connectivity index (χ4n) is 3.09. The standard InChI is InChI=1S/C21H20F3N3O/c1-15(3-2-4-16-5-7-17(22)8-6-16)21(28,12-27-14-25-13-26-27)19-10-9-18(23)11-20(19)24/h2,4-11,13-15,28H,3,12H2,1H3/b4-2+/t15-,21+/m0/s1. The number of halogens is 3. The first-order valence-corrected chi connectivity index (χ1v) is 8.81. The van der Waals surface area contributed by atoms with Gasteiger partial charge in [-0.15, -0.1) is 0 Å². The van der Waals surface area contributed by atoms with Crippen LogP contribution in [0.4, 0.5) is 13.2 Å². The van der Waals surface area contributed by atoms with E-state index in [1.54, 1.807) is 25.1 Å². The average Bonchev–Trinajstić information content (AvgIpc) is 3.15. The molecule has 0 fully saturated rings. The number of hydrogen-bond donors (Lipinski definition) is 1. The van der Waals surface area contributed by atoms with Gasteiger partial charge in [-0.25, -0.2) is 22.8 Å². The Morgan fingerprint density at radius 3 is 2.46 bits per heavy atom. The van der Waals surface area contributed by atoms with E-state index in [9.17, 15) is 18.3 Å². The molecule has 1 N–H and O–H groups in total. The van der Waals surface area contributed by atoms with E-state index in [2.05, 4.69) is 10.1 Å². The molecular formula is C21H20F3N3O. The Labute approximate surface area is 161 Å². The Morgan fingerprint density at radius 2 is 1.82 bits per heavy atom. The second-order valence-corrected chi connectivity index (χ2v) is 6.73. The van der Waals surface area contributed by atoms with Gasteiger partial charge in [0.25, 0.3) is 0 Å². The molecule has 4 nitrogen and oxygen atoms in total. The lowest BCUT2D eigenvalue weighted by Gasteiger charge is -2.34. The number of rotatable bonds is 7. The molecule has 0 saturated carbocycles. The van der Waals surface area contributed by atoms with Gasteiger partial charge in [0.1, 0.15) is 35.7 Å². The van der Waals surface area contributed by atoms with Crippen molar-refractivity contribution in [3.63, 3.8) is 0 Å². The SMILES string of the molecule is C[C@@H](C/C=C/c1ccc(F)cc1)[C@](O)(Cn1cncn1)c1ccc(F)cc1F. The smallest absolute Gasteiger partial charge is 0.137 e. The molecule has 0 bridgehead atoms. The predicted octanol–water partition coefficient (Wildman–Crippen LogP) is 4.32. The van der Waals surface area contributed by atoms with Gasteiger partial charge in [0, 0.05) is 11.6 Å². The molecule has 0 aliphatic heterocycles. The summed E-state index contributed by atoms with van der Waals surface area (Å²) >= 11 is 0. The van der Waals surface area contributed by atoms with Gasteiger partial charge in [-0.05, 0) is 36.1 Å². The largest absolute Gasteiger partial charge is 0.383 e. The van der Waals surface area contributed by atoms with Gasteiger partial charge >= 0.3 is 0 Å². The van der Waals surface area contributed by atoms with Gasteiger partial charge in [0.15, 0.2) is 0 Å². The molecular weight excluding hydrogens is 367 g/mol. The summed E-state index contributed by atoms with van der Waals surface area (Å²) in [7, 11) is 0. The van der Waals surface area contributed by atoms with E-state index in [1.807, 2.05) is 6.08 Å². The van der Waals surface area contributed by atoms with E-state index in [-0.39, 0.29) is 17.9 Å². The van der Waals surface area contributed by atoms with Gasteiger partial charge in [-0.1, -0.05) is 37.3 Å². The third-order valence-electron chi connectivity index (χ3n) is 4.75. The summed E-state index contributed by atoms with van der Waals surface area (Å²) in [6, 6.07) is 9.11. The zero-order valence-corrected chi connectivity index (χ0v) is 15.3. The lowest BCUT2D eigenvalue weighted by atomic mass is 9.80. The first-order valence-electron chi connectivity index (χ1n) is 8.81. The van der Waals surface area contributed by atoms with Crippen molar-refractivity contribution in [1.29, 1.82) is 0 Å². The third kappa shape index (κ3) is 4.48. The minimum Gasteiger partial charge on any atom is -0.383 e. The van der Waals surface area contributed by atoms with Crippen LogP contribution in [-0.4, -0.2) is 19.9 Å². The number of benzene rings is 2. The van der Waals surface area contributed by atoms with Gasteiger partial charge in [-0.3, -0.25) is 0 Å². The summed E-state index contributed by atoms with van der Waals surface area (Å²) in [5.41, 5.74) is -0.841. The second kappa shape index (κ2) is 8.39. The van der Waals surface area contributed by atoms with Crippen LogP contribution in [0.3, 0.4) is 0 Å². The van der Waals surface area contributed by atoms with Crippen molar-refractivity contribution < 1.29 is 18.3 Å². The molecule has 7 heteroatoms. The molecule has 1 aromatic heterocycles. The highest BCUT2D eigenvalue weighted by Crippen LogP contribution is 2.35. The quantitative estimate of drug-likeness (QED) is 0.657. The van der Waals surface area contributed by atoms with Crippen LogP contribution in [0.15, 0.2) is 61.2 Å². The van der Waals surface area contributed by atoms with Crippen molar-refractivity contribution in [3.05, 3.63) is 89.8 Å². The minimum absolute atomic E-state index is 0.00733. The van der Waals surface area contributed by atoms with Gasteiger partial charge in [0.05, 0.1) is 6.54 Å². The molecule has 146 valence electrons. The fourth-order valence-corrected chi connectivity index (χ4v) is 3.09. The van der Waals surface area contributed by atoms with E-state index < -0.39 is 23.2 Å². The Bertz CT molecular complexity index is 942. The average molecular weight is 387 g/mol. The topological polar surface area (TPSA) is 50.9 Å². The maximum absolute atomic E-state index is 14.5. The molecule has 2 aromatic carbocycles. The Morgan fingerprint density at radius 1 is 1.11 bits per heavy atom. The fraction of sp³-hybridized carbons (Fsp3) is 0.238. The molecule has 0 aliphatic carbocycles. The number of nitrogens with zero attached hydrogens (tertiary/aromatic N) is 3. The highest BCUT2D eigenvalue weighted by atomic mass is 19.1. The molecule has 0 amide bonds. The zero-order valence-electron chi connectivity index (χ0n) is 15.3. The van der Waals surface area contributed by atoms with Crippen LogP contribution in [0.1, 0.15) is 24.5 Å². The molecule has 28 heavy (non-hydrogen) atoms. The lowest BCUT2D eigenvalue weighted by molar-refractivity contribution is -0.0379. The van der Waals surface area contributed by atoms with E-state index in [1.165, 1.54) is 35.5 Å². The Kier molecular flexibility index (Phi) is 5.94. The van der Waals surface area contributed by atoms with E-state index in [0.717, 1.165) is 17.7 Å². The Balaban J connectivity index is 1.86. The highest BCUT2D eigenvalue weighted by molar-refractivity contribution is 5.48. The molecule has 0 unspecified atom stereocenters. The van der Waals surface area contributed by atoms with Crippen LogP contribution in [0.2, 0.25) is 0 Å². The number of allylic oxidation sites excluding steroid dienone is 1. The number of aromatic nitrogens is 3. The van der Waals surface area contributed by atoms with Crippen LogP contribution >= 0.6 is 0 Å². The van der Waals surface area contributed by atoms with Crippen molar-refractivity contribution in [2.24, 2.45) is 5.92 Å². The molecule has 2 atom stereocenters. The van der Waals surface area contributed by atoms with Crippen LogP contribution < -0.4 is 0 Å². The monoisotopic (exact) mass is 387 g/mol. The molecule has 1 heterocycles. The molecule has 0 spiro atoms. The van der Waals surface area contributed by atoms with Crippen LogP contribution in [0.25, 0.3) is 6.08 Å². The number of hydrogen-bond acceptors (Lipinski definition) is 3. The normalized spacial score (nSPS) is 14.9. The summed E-state index contributed by atoms with van der Waals surface area (Å²) in [5, 5.41) is 15.4. The van der Waals surface area contributed by atoms with Gasteiger partial charge in [-0.2, -0.15) is 5.10 Å². The molecule has 3 rings (SSSR count). The second-order valence-electron chi connectivity index (χ2n) is 6.73. The summed E-state index contributed by atoms with van der Waals surface area (Å²) in [5.74, 6) is -2.29. The summed E-state index contributed by atoms with van der Waals surface area (Å²) < 4.78 is 42.2. The van der Waals surface area contributed by atoms with Gasteiger partial charge < -0.3 is 5.11 Å². The van der Waals surface area contributed by atoms with Crippen LogP contribution in [0.5, 0.6) is 0 Å². The maximum atomic E-state index is 14.5. The van der Waals surface area contributed by atoms with Crippen molar-refractivity contribution in [1.82, 2.24) is 14.8 Å². The van der Waals surface area contributed by atoms with Crippen LogP contribution in [0, 0.1) is 23.4 Å². The van der Waals surface area contributed by atoms with E-state index >= 15 is 0 Å². The third-order valence-corrected chi connectivity index (χ3v) is 4.75. The lowest BCUT2D eigenvalue weighted by Crippen LogP contribution is -2.39. The summed E-state index contributed by atoms with van der Waals surface area (Å²) in [4.78, 5) is 3.85. The van der Waals surface area contributed by atoms with Gasteiger partial charge in [0.2, 0.25) is 0 Å². The van der Waals surface area contributed by atoms with E-state index in [0.29, 0.717) is 6.42 Å². The summed E-state index contributed by atoms with van der Waals surface area (Å²) in [6.07, 6.45) is 6.77. The Hall–Kier alpha value is -2.93. The van der Waals surface area contributed by atoms with Crippen molar-refractivity contribution >= 4 is 6.08 Å². The van der Waals surface area contributed by atoms with E-state index in [4.69, 9.17) is 0 Å². The molecule has 0 saturated heterocycles. The highest BCUT2D eigenvalue weighted by Gasteiger charge is 2.38. The van der Waals surface area contributed by atoms with Crippen LogP contribution in [-0.2, 0) is 12.1 Å².